The summed E-state index contributed by atoms with van der Waals surface area (Å²) >= 11 is 0. The number of H-pyrrole nitrogens is 1. The van der Waals surface area contributed by atoms with Crippen LogP contribution in [-0.4, -0.2) is 20.1 Å². The maximum Gasteiger partial charge on any atom is 0.139 e. The van der Waals surface area contributed by atoms with Crippen LogP contribution >= 0.6 is 0 Å². The second-order valence-electron chi connectivity index (χ2n) is 5.58. The van der Waals surface area contributed by atoms with Crippen molar-refractivity contribution in [2.24, 2.45) is 0 Å². The van der Waals surface area contributed by atoms with E-state index in [9.17, 15) is 9.50 Å². The van der Waals surface area contributed by atoms with Crippen molar-refractivity contribution in [2.75, 3.05) is 0 Å². The molecule has 0 aliphatic heterocycles. The Labute approximate surface area is 126 Å². The average Bonchev–Trinajstić information content (AvgIpc) is 3.14. The summed E-state index contributed by atoms with van der Waals surface area (Å²) in [6.07, 6.45) is 4.82. The molecule has 0 spiro atoms. The molecular weight excluding hydrogens is 281 g/mol. The van der Waals surface area contributed by atoms with E-state index in [2.05, 4.69) is 15.0 Å². The number of hydrogen-bond acceptors (Lipinski definition) is 3. The summed E-state index contributed by atoms with van der Waals surface area (Å²) < 4.78 is 13.2. The molecule has 2 N–H and O–H groups in total. The zero-order valence-corrected chi connectivity index (χ0v) is 11.8. The van der Waals surface area contributed by atoms with E-state index in [1.54, 1.807) is 24.5 Å². The van der Waals surface area contributed by atoms with Crippen LogP contribution in [0.25, 0.3) is 22.5 Å². The van der Waals surface area contributed by atoms with Gasteiger partial charge in [0.2, 0.25) is 0 Å². The summed E-state index contributed by atoms with van der Waals surface area (Å²) in [5, 5.41) is 10.3. The molecule has 0 unspecified atom stereocenters. The summed E-state index contributed by atoms with van der Waals surface area (Å²) in [5.74, 6) is 0.282. The van der Waals surface area contributed by atoms with Gasteiger partial charge in [-0.15, -0.1) is 0 Å². The van der Waals surface area contributed by atoms with E-state index in [1.165, 1.54) is 12.1 Å². The lowest BCUT2D eigenvalue weighted by molar-refractivity contribution is 0.142. The summed E-state index contributed by atoms with van der Waals surface area (Å²) in [6.45, 7) is 0. The predicted molar refractivity (Wildman–Crippen MR) is 80.3 cm³/mol. The molecule has 0 atom stereocenters. The number of rotatable bonds is 3. The van der Waals surface area contributed by atoms with Crippen LogP contribution in [-0.2, 0) is 5.60 Å². The summed E-state index contributed by atoms with van der Waals surface area (Å²) in [4.78, 5) is 11.8. The molecule has 4 rings (SSSR count). The summed E-state index contributed by atoms with van der Waals surface area (Å²) in [7, 11) is 0. The zero-order chi connectivity index (χ0) is 15.2. The fourth-order valence-electron chi connectivity index (χ4n) is 2.49. The third kappa shape index (κ3) is 2.19. The van der Waals surface area contributed by atoms with E-state index in [-0.39, 0.29) is 5.82 Å². The van der Waals surface area contributed by atoms with Gasteiger partial charge >= 0.3 is 0 Å². The number of halogens is 1. The molecule has 1 aliphatic carbocycles. The number of aromatic nitrogens is 3. The predicted octanol–water partition coefficient (Wildman–Crippen LogP) is 3.26. The van der Waals surface area contributed by atoms with Crippen LogP contribution in [0.2, 0.25) is 0 Å². The SMILES string of the molecule is OC1(c2nc(-c3ccc(F)cc3)c(-c3ccncc3)[nH]2)CC1. The standard InChI is InChI=1S/C17H14FN3O/c18-13-3-1-11(2-4-13)14-15(12-5-9-19-10-6-12)21-16(20-14)17(22)7-8-17/h1-6,9-10,22H,7-8H2,(H,20,21). The Morgan fingerprint density at radius 2 is 1.68 bits per heavy atom. The fraction of sp³-hybridized carbons (Fsp3) is 0.176. The van der Waals surface area contributed by atoms with Gasteiger partial charge in [-0.3, -0.25) is 4.98 Å². The van der Waals surface area contributed by atoms with E-state index in [0.29, 0.717) is 24.4 Å². The van der Waals surface area contributed by atoms with Gasteiger partial charge in [0.25, 0.3) is 0 Å². The molecule has 5 heteroatoms. The number of nitrogens with one attached hydrogen (secondary N) is 1. The van der Waals surface area contributed by atoms with Crippen LogP contribution in [0, 0.1) is 5.82 Å². The van der Waals surface area contributed by atoms with Crippen molar-refractivity contribution in [3.05, 3.63) is 60.4 Å². The molecular formula is C17H14FN3O. The van der Waals surface area contributed by atoms with Crippen molar-refractivity contribution in [1.29, 1.82) is 0 Å². The van der Waals surface area contributed by atoms with Gasteiger partial charge in [-0.2, -0.15) is 0 Å². The third-order valence-corrected chi connectivity index (χ3v) is 3.95. The molecule has 2 heterocycles. The van der Waals surface area contributed by atoms with Crippen LogP contribution in [0.15, 0.2) is 48.8 Å². The van der Waals surface area contributed by atoms with E-state index in [0.717, 1.165) is 16.8 Å². The molecule has 1 aromatic carbocycles. The lowest BCUT2D eigenvalue weighted by Crippen LogP contribution is -2.06. The van der Waals surface area contributed by atoms with Crippen molar-refractivity contribution >= 4 is 0 Å². The molecule has 0 amide bonds. The summed E-state index contributed by atoms with van der Waals surface area (Å²) in [5.41, 5.74) is 2.41. The van der Waals surface area contributed by atoms with Crippen molar-refractivity contribution in [3.8, 4) is 22.5 Å². The Balaban J connectivity index is 1.88. The molecule has 4 nitrogen and oxygen atoms in total. The highest BCUT2D eigenvalue weighted by Gasteiger charge is 2.45. The van der Waals surface area contributed by atoms with Crippen molar-refractivity contribution in [1.82, 2.24) is 15.0 Å². The second-order valence-corrected chi connectivity index (χ2v) is 5.58. The van der Waals surface area contributed by atoms with Crippen molar-refractivity contribution in [3.63, 3.8) is 0 Å². The van der Waals surface area contributed by atoms with Crippen LogP contribution < -0.4 is 0 Å². The maximum absolute atomic E-state index is 13.2. The maximum atomic E-state index is 13.2. The monoisotopic (exact) mass is 295 g/mol. The molecule has 2 aromatic heterocycles. The Bertz CT molecular complexity index is 808. The lowest BCUT2D eigenvalue weighted by Gasteiger charge is -2.02. The molecule has 0 radical (unpaired) electrons. The first-order chi connectivity index (χ1) is 10.7. The molecule has 22 heavy (non-hydrogen) atoms. The van der Waals surface area contributed by atoms with Gasteiger partial charge in [-0.1, -0.05) is 0 Å². The smallest absolute Gasteiger partial charge is 0.139 e. The molecule has 3 aromatic rings. The number of benzene rings is 1. The Morgan fingerprint density at radius 3 is 2.32 bits per heavy atom. The zero-order valence-electron chi connectivity index (χ0n) is 11.8. The van der Waals surface area contributed by atoms with Gasteiger partial charge in [0, 0.05) is 23.5 Å². The normalized spacial score (nSPS) is 15.7. The molecule has 1 saturated carbocycles. The molecule has 0 bridgehead atoms. The number of pyridine rings is 1. The second kappa shape index (κ2) is 4.74. The van der Waals surface area contributed by atoms with E-state index >= 15 is 0 Å². The highest BCUT2D eigenvalue weighted by molar-refractivity contribution is 5.78. The average molecular weight is 295 g/mol. The minimum Gasteiger partial charge on any atom is -0.382 e. The van der Waals surface area contributed by atoms with Crippen LogP contribution in [0.3, 0.4) is 0 Å². The van der Waals surface area contributed by atoms with E-state index in [1.807, 2.05) is 12.1 Å². The van der Waals surface area contributed by atoms with Crippen LogP contribution in [0.4, 0.5) is 4.39 Å². The minimum atomic E-state index is -0.847. The molecule has 1 fully saturated rings. The van der Waals surface area contributed by atoms with Gasteiger partial charge in [0.1, 0.15) is 17.2 Å². The van der Waals surface area contributed by atoms with Crippen molar-refractivity contribution < 1.29 is 9.50 Å². The Hall–Kier alpha value is -2.53. The molecule has 110 valence electrons. The van der Waals surface area contributed by atoms with Gasteiger partial charge < -0.3 is 10.1 Å². The molecule has 1 aliphatic rings. The highest BCUT2D eigenvalue weighted by Crippen LogP contribution is 2.45. The Kier molecular flexibility index (Phi) is 2.84. The van der Waals surface area contributed by atoms with Gasteiger partial charge in [0.05, 0.1) is 11.4 Å². The minimum absolute atomic E-state index is 0.286. The number of aliphatic hydroxyl groups is 1. The lowest BCUT2D eigenvalue weighted by atomic mass is 10.1. The molecule has 0 saturated heterocycles. The van der Waals surface area contributed by atoms with Gasteiger partial charge in [-0.25, -0.2) is 9.37 Å². The first kappa shape index (κ1) is 13.2. The fourth-order valence-corrected chi connectivity index (χ4v) is 2.49. The largest absolute Gasteiger partial charge is 0.382 e. The van der Waals surface area contributed by atoms with Crippen LogP contribution in [0.1, 0.15) is 18.7 Å². The first-order valence-electron chi connectivity index (χ1n) is 7.15. The number of nitrogens with zero attached hydrogens (tertiary/aromatic N) is 2. The Morgan fingerprint density at radius 1 is 1.00 bits per heavy atom. The van der Waals surface area contributed by atoms with Crippen molar-refractivity contribution in [2.45, 2.75) is 18.4 Å². The number of aromatic amines is 1. The van der Waals surface area contributed by atoms with Gasteiger partial charge in [0.15, 0.2) is 0 Å². The first-order valence-corrected chi connectivity index (χ1v) is 7.15. The van der Waals surface area contributed by atoms with Crippen LogP contribution in [0.5, 0.6) is 0 Å². The quantitative estimate of drug-likeness (QED) is 0.779. The van der Waals surface area contributed by atoms with Gasteiger partial charge in [-0.05, 0) is 49.2 Å². The third-order valence-electron chi connectivity index (χ3n) is 3.95. The van der Waals surface area contributed by atoms with E-state index in [4.69, 9.17) is 0 Å². The topological polar surface area (TPSA) is 61.8 Å². The number of imidazole rings is 1. The van der Waals surface area contributed by atoms with E-state index < -0.39 is 5.60 Å². The summed E-state index contributed by atoms with van der Waals surface area (Å²) in [6, 6.07) is 9.95. The highest BCUT2D eigenvalue weighted by atomic mass is 19.1. The number of hydrogen-bond donors (Lipinski definition) is 2.